The van der Waals surface area contributed by atoms with Crippen LogP contribution in [0.15, 0.2) is 42.6 Å². The number of carbonyl (C=O) groups excluding carboxylic acids is 1. The predicted octanol–water partition coefficient (Wildman–Crippen LogP) is 2.33. The van der Waals surface area contributed by atoms with Gasteiger partial charge in [0.05, 0.1) is 13.0 Å². The Balaban J connectivity index is 0.00000111. The molecule has 0 saturated carbocycles. The van der Waals surface area contributed by atoms with Gasteiger partial charge in [0.1, 0.15) is 6.10 Å². The molecule has 1 aliphatic rings. The average Bonchev–Trinajstić information content (AvgIpc) is 3.40. The summed E-state index contributed by atoms with van der Waals surface area (Å²) >= 11 is 1.24. The summed E-state index contributed by atoms with van der Waals surface area (Å²) in [7, 11) is 1.00. The Labute approximate surface area is 180 Å². The maximum Gasteiger partial charge on any atom is 0.296 e. The highest BCUT2D eigenvalue weighted by molar-refractivity contribution is 7.17. The lowest BCUT2D eigenvalue weighted by Gasteiger charge is -2.16. The molecule has 1 amide bonds. The van der Waals surface area contributed by atoms with E-state index in [2.05, 4.69) is 30.6 Å². The second kappa shape index (κ2) is 10.6. The number of hydrogen-bond donors (Lipinski definition) is 2. The van der Waals surface area contributed by atoms with Crippen LogP contribution in [0.3, 0.4) is 0 Å². The minimum Gasteiger partial charge on any atom is -0.464 e. The SMILES string of the molecule is CO.Cc1cccc(CC(=O)Nc2nnc(O[C@@H]3CCN(c4cccnn4)C3)s2)c1.[HH]. The largest absolute Gasteiger partial charge is 0.464 e. The van der Waals surface area contributed by atoms with Crippen molar-refractivity contribution in [2.24, 2.45) is 0 Å². The molecule has 1 saturated heterocycles. The van der Waals surface area contributed by atoms with Gasteiger partial charge < -0.3 is 20.1 Å². The van der Waals surface area contributed by atoms with E-state index >= 15 is 0 Å². The Kier molecular flexibility index (Phi) is 7.63. The van der Waals surface area contributed by atoms with E-state index in [9.17, 15) is 4.79 Å². The quantitative estimate of drug-likeness (QED) is 0.613. The number of aliphatic hydroxyl groups excluding tert-OH is 1. The first-order chi connectivity index (χ1) is 14.7. The van der Waals surface area contributed by atoms with Gasteiger partial charge in [-0.3, -0.25) is 4.79 Å². The van der Waals surface area contributed by atoms with E-state index in [1.807, 2.05) is 43.3 Å². The molecular weight excluding hydrogens is 404 g/mol. The second-order valence-corrected chi connectivity index (χ2v) is 7.58. The highest BCUT2D eigenvalue weighted by Gasteiger charge is 2.26. The number of carbonyl (C=O) groups is 1. The molecular formula is C20H26N6O3S. The minimum atomic E-state index is -0.122. The van der Waals surface area contributed by atoms with Crippen LogP contribution < -0.4 is 15.0 Å². The van der Waals surface area contributed by atoms with Crippen LogP contribution >= 0.6 is 11.3 Å². The van der Waals surface area contributed by atoms with E-state index in [-0.39, 0.29) is 13.4 Å². The zero-order chi connectivity index (χ0) is 21.3. The Bertz CT molecular complexity index is 959. The smallest absolute Gasteiger partial charge is 0.296 e. The maximum atomic E-state index is 12.2. The second-order valence-electron chi connectivity index (χ2n) is 6.64. The summed E-state index contributed by atoms with van der Waals surface area (Å²) < 4.78 is 5.93. The number of aryl methyl sites for hydroxylation is 1. The summed E-state index contributed by atoms with van der Waals surface area (Å²) in [5, 5.41) is 26.8. The third kappa shape index (κ3) is 5.94. The molecule has 0 aliphatic carbocycles. The molecule has 1 atom stereocenters. The zero-order valence-electron chi connectivity index (χ0n) is 16.9. The van der Waals surface area contributed by atoms with Gasteiger partial charge >= 0.3 is 0 Å². The lowest BCUT2D eigenvalue weighted by Crippen LogP contribution is -2.25. The molecule has 3 heterocycles. The average molecular weight is 431 g/mol. The molecule has 10 heteroatoms. The van der Waals surface area contributed by atoms with Crippen molar-refractivity contribution in [1.82, 2.24) is 20.4 Å². The van der Waals surface area contributed by atoms with Gasteiger partial charge in [-0.05, 0) is 36.0 Å². The lowest BCUT2D eigenvalue weighted by atomic mass is 10.1. The van der Waals surface area contributed by atoms with E-state index < -0.39 is 0 Å². The van der Waals surface area contributed by atoms with Crippen molar-refractivity contribution in [2.75, 3.05) is 30.4 Å². The lowest BCUT2D eigenvalue weighted by molar-refractivity contribution is -0.115. The third-order valence-corrected chi connectivity index (χ3v) is 5.12. The molecule has 1 aliphatic heterocycles. The van der Waals surface area contributed by atoms with Gasteiger partial charge in [0.15, 0.2) is 5.82 Å². The van der Waals surface area contributed by atoms with Crippen molar-refractivity contribution in [3.8, 4) is 5.19 Å². The summed E-state index contributed by atoms with van der Waals surface area (Å²) in [4.78, 5) is 14.3. The van der Waals surface area contributed by atoms with Gasteiger partial charge in [-0.15, -0.1) is 10.2 Å². The molecule has 3 aromatic rings. The number of hydrogen-bond acceptors (Lipinski definition) is 9. The minimum absolute atomic E-state index is 0. The molecule has 30 heavy (non-hydrogen) atoms. The van der Waals surface area contributed by atoms with Crippen LogP contribution in [-0.4, -0.2) is 57.7 Å². The van der Waals surface area contributed by atoms with Crippen LogP contribution in [-0.2, 0) is 11.2 Å². The highest BCUT2D eigenvalue weighted by atomic mass is 32.1. The van der Waals surface area contributed by atoms with Crippen molar-refractivity contribution in [3.05, 3.63) is 53.7 Å². The summed E-state index contributed by atoms with van der Waals surface area (Å²) in [6.07, 6.45) is 2.83. The summed E-state index contributed by atoms with van der Waals surface area (Å²) in [6.45, 7) is 3.57. The molecule has 9 nitrogen and oxygen atoms in total. The topological polar surface area (TPSA) is 113 Å². The molecule has 2 N–H and O–H groups in total. The number of ether oxygens (including phenoxy) is 1. The summed E-state index contributed by atoms with van der Waals surface area (Å²) in [5.41, 5.74) is 2.09. The third-order valence-electron chi connectivity index (χ3n) is 4.39. The number of anilines is 2. The number of nitrogens with one attached hydrogen (secondary N) is 1. The van der Waals surface area contributed by atoms with Crippen LogP contribution in [0.1, 0.15) is 19.0 Å². The number of amides is 1. The first kappa shape index (κ1) is 21.6. The van der Waals surface area contributed by atoms with Gasteiger partial charge in [0, 0.05) is 27.7 Å². The van der Waals surface area contributed by atoms with E-state index in [1.165, 1.54) is 11.3 Å². The fraction of sp³-hybridized carbons (Fsp3) is 0.350. The maximum absolute atomic E-state index is 12.2. The van der Waals surface area contributed by atoms with Gasteiger partial charge in [0.2, 0.25) is 11.0 Å². The summed E-state index contributed by atoms with van der Waals surface area (Å²) in [6, 6.07) is 11.7. The van der Waals surface area contributed by atoms with Crippen LogP contribution in [0.2, 0.25) is 0 Å². The Hall–Kier alpha value is -3.11. The van der Waals surface area contributed by atoms with Gasteiger partial charge in [-0.25, -0.2) is 0 Å². The van der Waals surface area contributed by atoms with Crippen LogP contribution in [0.5, 0.6) is 5.19 Å². The predicted molar refractivity (Wildman–Crippen MR) is 117 cm³/mol. The monoisotopic (exact) mass is 430 g/mol. The van der Waals surface area contributed by atoms with Crippen molar-refractivity contribution in [2.45, 2.75) is 25.9 Å². The van der Waals surface area contributed by atoms with Crippen LogP contribution in [0.25, 0.3) is 0 Å². The molecule has 1 aromatic carbocycles. The normalized spacial score (nSPS) is 15.3. The zero-order valence-corrected chi connectivity index (χ0v) is 17.7. The molecule has 4 rings (SSSR count). The Morgan fingerprint density at radius 3 is 2.93 bits per heavy atom. The highest BCUT2D eigenvalue weighted by Crippen LogP contribution is 2.26. The van der Waals surface area contributed by atoms with Crippen molar-refractivity contribution >= 4 is 28.2 Å². The van der Waals surface area contributed by atoms with Gasteiger partial charge in [-0.1, -0.05) is 34.9 Å². The molecule has 0 radical (unpaired) electrons. The van der Waals surface area contributed by atoms with E-state index in [0.29, 0.717) is 23.3 Å². The molecule has 2 aromatic heterocycles. The molecule has 0 unspecified atom stereocenters. The molecule has 0 spiro atoms. The van der Waals surface area contributed by atoms with Crippen LogP contribution in [0.4, 0.5) is 10.9 Å². The number of aliphatic hydroxyl groups is 1. The van der Waals surface area contributed by atoms with Crippen molar-refractivity contribution in [3.63, 3.8) is 0 Å². The fourth-order valence-corrected chi connectivity index (χ4v) is 3.79. The number of aromatic nitrogens is 4. The molecule has 1 fully saturated rings. The van der Waals surface area contributed by atoms with E-state index in [1.54, 1.807) is 6.20 Å². The van der Waals surface area contributed by atoms with Gasteiger partial charge in [-0.2, -0.15) is 5.10 Å². The molecule has 0 bridgehead atoms. The summed E-state index contributed by atoms with van der Waals surface area (Å²) in [5.74, 6) is 0.720. The van der Waals surface area contributed by atoms with Crippen molar-refractivity contribution in [1.29, 1.82) is 0 Å². The van der Waals surface area contributed by atoms with Crippen LogP contribution in [0, 0.1) is 6.92 Å². The van der Waals surface area contributed by atoms with Gasteiger partial charge in [0.25, 0.3) is 5.19 Å². The number of rotatable bonds is 6. The Morgan fingerprint density at radius 2 is 2.17 bits per heavy atom. The number of benzene rings is 1. The molecule has 160 valence electrons. The van der Waals surface area contributed by atoms with Crippen molar-refractivity contribution < 1.29 is 16.1 Å². The fourth-order valence-electron chi connectivity index (χ4n) is 3.12. The first-order valence-corrected chi connectivity index (χ1v) is 10.3. The number of nitrogens with zero attached hydrogens (tertiary/aromatic N) is 5. The first-order valence-electron chi connectivity index (χ1n) is 9.48. The standard InChI is InChI=1S/C19H20N6O2S.CH4O.H2/c1-13-4-2-5-14(10-13)11-17(26)21-18-23-24-19(28-18)27-15-7-9-25(12-15)16-6-3-8-20-22-16;1-2;/h2-6,8,10,15H,7,9,11-12H2,1H3,(H,21,23,26);2H,1H3;1H/t15-;;/m1../s1. The Morgan fingerprint density at radius 1 is 1.30 bits per heavy atom. The van der Waals surface area contributed by atoms with E-state index in [4.69, 9.17) is 9.84 Å². The van der Waals surface area contributed by atoms with E-state index in [0.717, 1.165) is 37.0 Å².